The molecule has 62 valence electrons. The number of nitrogens with zero attached hydrogens (tertiary/aromatic N) is 1. The smallest absolute Gasteiger partial charge is 0.322 e. The van der Waals surface area contributed by atoms with Crippen molar-refractivity contribution >= 4 is 23.1 Å². The quantitative estimate of drug-likeness (QED) is 0.370. The molecule has 0 saturated heterocycles. The van der Waals surface area contributed by atoms with E-state index in [9.17, 15) is 4.79 Å². The summed E-state index contributed by atoms with van der Waals surface area (Å²) in [6.07, 6.45) is 0. The molecule has 0 radical (unpaired) electrons. The van der Waals surface area contributed by atoms with Crippen LogP contribution in [0.4, 0.5) is 11.9 Å². The van der Waals surface area contributed by atoms with Gasteiger partial charge in [0.25, 0.3) is 11.6 Å². The summed E-state index contributed by atoms with van der Waals surface area (Å²) in [5.74, 6) is 0.330. The lowest BCUT2D eigenvalue weighted by atomic mass is 10.5. The lowest BCUT2D eigenvalue weighted by molar-refractivity contribution is -0.333. The number of hydrogen-bond donors (Lipinski definition) is 4. The van der Waals surface area contributed by atoms with E-state index < -0.39 is 0 Å². The molecule has 0 bridgehead atoms. The highest BCUT2D eigenvalue weighted by Gasteiger charge is 2.10. The molecule has 7 heteroatoms. The second-order valence-electron chi connectivity index (χ2n) is 2.34. The van der Waals surface area contributed by atoms with Crippen LogP contribution < -0.4 is 22.0 Å². The van der Waals surface area contributed by atoms with Crippen LogP contribution in [0, 0.1) is 0 Å². The highest BCUT2D eigenvalue weighted by molar-refractivity contribution is 5.68. The van der Waals surface area contributed by atoms with E-state index in [-0.39, 0.29) is 17.5 Å². The molecule has 0 aliphatic heterocycles. The molecule has 0 spiro atoms. The van der Waals surface area contributed by atoms with Gasteiger partial charge in [0.1, 0.15) is 0 Å². The third-order valence-electron chi connectivity index (χ3n) is 1.45. The average molecular weight is 167 g/mol. The monoisotopic (exact) mass is 167 g/mol. The number of nitrogens with one attached hydrogen (secondary N) is 3. The first-order valence-corrected chi connectivity index (χ1v) is 3.23. The highest BCUT2D eigenvalue weighted by atomic mass is 16.1. The summed E-state index contributed by atoms with van der Waals surface area (Å²) < 4.78 is 0. The van der Waals surface area contributed by atoms with Crippen LogP contribution in [0.2, 0.25) is 0 Å². The zero-order valence-corrected chi connectivity index (χ0v) is 6.01. The van der Waals surface area contributed by atoms with Gasteiger partial charge in [-0.15, -0.1) is 0 Å². The number of nitrogen functional groups attached to an aromatic ring is 2. The fourth-order valence-electron chi connectivity index (χ4n) is 0.990. The molecular formula is C5H7N6O+. The molecule has 0 aliphatic rings. The van der Waals surface area contributed by atoms with Crippen LogP contribution in [0.3, 0.4) is 0 Å². The van der Waals surface area contributed by atoms with E-state index in [4.69, 9.17) is 11.5 Å². The number of aromatic nitrogens is 4. The molecule has 7 N–H and O–H groups in total. The Labute approximate surface area is 65.8 Å². The van der Waals surface area contributed by atoms with E-state index in [0.717, 1.165) is 0 Å². The molecule has 7 nitrogen and oxygen atoms in total. The van der Waals surface area contributed by atoms with Gasteiger partial charge in [0.05, 0.1) is 0 Å². The van der Waals surface area contributed by atoms with Crippen LogP contribution >= 0.6 is 0 Å². The van der Waals surface area contributed by atoms with Crippen LogP contribution in [-0.2, 0) is 0 Å². The lowest BCUT2D eigenvalue weighted by Crippen LogP contribution is -2.21. The van der Waals surface area contributed by atoms with Crippen molar-refractivity contribution in [1.82, 2.24) is 15.0 Å². The molecule has 0 aliphatic carbocycles. The van der Waals surface area contributed by atoms with Crippen molar-refractivity contribution in [3.8, 4) is 0 Å². The van der Waals surface area contributed by atoms with Crippen molar-refractivity contribution in [2.24, 2.45) is 0 Å². The molecule has 2 rings (SSSR count). The zero-order valence-electron chi connectivity index (χ0n) is 6.01. The van der Waals surface area contributed by atoms with Gasteiger partial charge in [-0.25, -0.2) is 9.97 Å². The molecule has 0 unspecified atom stereocenters. The number of rotatable bonds is 0. The van der Waals surface area contributed by atoms with Gasteiger partial charge in [-0.05, 0) is 0 Å². The van der Waals surface area contributed by atoms with Crippen LogP contribution in [0.1, 0.15) is 0 Å². The number of nitrogens with two attached hydrogens (primary N) is 2. The third kappa shape index (κ3) is 0.797. The average Bonchev–Trinajstić information content (AvgIpc) is 2.29. The second-order valence-corrected chi connectivity index (χ2v) is 2.34. The Kier molecular flexibility index (Phi) is 1.09. The molecule has 0 atom stereocenters. The molecule has 0 amide bonds. The van der Waals surface area contributed by atoms with E-state index in [0.29, 0.717) is 11.2 Å². The maximum Gasteiger partial charge on any atom is 0.322 e. The molecule has 0 saturated carbocycles. The number of H-pyrrole nitrogens is 3. The molecule has 0 aromatic carbocycles. The Bertz CT molecular complexity index is 482. The minimum atomic E-state index is -0.342. The number of hydrogen-bond acceptors (Lipinski definition) is 4. The van der Waals surface area contributed by atoms with Crippen LogP contribution in [0.5, 0.6) is 0 Å². The van der Waals surface area contributed by atoms with Crippen molar-refractivity contribution in [3.05, 3.63) is 10.4 Å². The van der Waals surface area contributed by atoms with Gasteiger partial charge in [-0.2, -0.15) is 0 Å². The maximum atomic E-state index is 11.1. The molecule has 2 heterocycles. The summed E-state index contributed by atoms with van der Waals surface area (Å²) in [5, 5.41) is 0. The maximum absolute atomic E-state index is 11.1. The van der Waals surface area contributed by atoms with Gasteiger partial charge in [0, 0.05) is 0 Å². The predicted molar refractivity (Wildman–Crippen MR) is 42.1 cm³/mol. The van der Waals surface area contributed by atoms with Crippen LogP contribution in [-0.4, -0.2) is 15.0 Å². The molecule has 2 aromatic rings. The Morgan fingerprint density at radius 2 is 2.08 bits per heavy atom. The summed E-state index contributed by atoms with van der Waals surface area (Å²) in [4.78, 5) is 22.5. The summed E-state index contributed by atoms with van der Waals surface area (Å²) >= 11 is 0. The van der Waals surface area contributed by atoms with E-state index >= 15 is 0 Å². The first-order valence-electron chi connectivity index (χ1n) is 3.23. The Hall–Kier alpha value is -2.05. The van der Waals surface area contributed by atoms with Gasteiger partial charge in [-0.1, -0.05) is 4.98 Å². The minimum Gasteiger partial charge on any atom is -0.359 e. The van der Waals surface area contributed by atoms with Gasteiger partial charge < -0.3 is 16.5 Å². The first kappa shape index (κ1) is 6.65. The Morgan fingerprint density at radius 1 is 1.33 bits per heavy atom. The fraction of sp³-hybridized carbons (Fsp3) is 0. The largest absolute Gasteiger partial charge is 0.359 e. The number of fused-ring (bicyclic) bond motifs is 1. The topological polar surface area (TPSA) is 128 Å². The number of anilines is 2. The van der Waals surface area contributed by atoms with E-state index in [1.807, 2.05) is 0 Å². The summed E-state index contributed by atoms with van der Waals surface area (Å²) in [7, 11) is 0. The zero-order chi connectivity index (χ0) is 8.72. The molecule has 12 heavy (non-hydrogen) atoms. The van der Waals surface area contributed by atoms with Crippen molar-refractivity contribution in [3.63, 3.8) is 0 Å². The van der Waals surface area contributed by atoms with Gasteiger partial charge in [0.15, 0.2) is 5.52 Å². The van der Waals surface area contributed by atoms with Crippen molar-refractivity contribution in [2.45, 2.75) is 0 Å². The van der Waals surface area contributed by atoms with Crippen molar-refractivity contribution in [1.29, 1.82) is 0 Å². The summed E-state index contributed by atoms with van der Waals surface area (Å²) in [6, 6.07) is 0. The minimum absolute atomic E-state index is 0.152. The van der Waals surface area contributed by atoms with E-state index in [1.165, 1.54) is 0 Å². The number of aromatic amines is 3. The van der Waals surface area contributed by atoms with Crippen LogP contribution in [0.15, 0.2) is 4.79 Å². The Morgan fingerprint density at radius 3 is 2.83 bits per heavy atom. The fourth-order valence-corrected chi connectivity index (χ4v) is 0.990. The number of imidazole rings is 1. The van der Waals surface area contributed by atoms with Gasteiger partial charge in [0.2, 0.25) is 0 Å². The Balaban J connectivity index is 2.98. The van der Waals surface area contributed by atoms with Crippen molar-refractivity contribution in [2.75, 3.05) is 11.5 Å². The van der Waals surface area contributed by atoms with Gasteiger partial charge >= 0.3 is 11.5 Å². The molecule has 0 fully saturated rings. The third-order valence-corrected chi connectivity index (χ3v) is 1.45. The normalized spacial score (nSPS) is 10.7. The summed E-state index contributed by atoms with van der Waals surface area (Å²) in [6.45, 7) is 0. The van der Waals surface area contributed by atoms with E-state index in [1.54, 1.807) is 0 Å². The first-order chi connectivity index (χ1) is 5.66. The second kappa shape index (κ2) is 1.97. The summed E-state index contributed by atoms with van der Waals surface area (Å²) in [5.41, 5.74) is 11.0. The predicted octanol–water partition coefficient (Wildman–Crippen LogP) is -1.77. The lowest BCUT2D eigenvalue weighted by Gasteiger charge is -1.84. The SMILES string of the molecule is Nc1nc2[nH+]c(N)[nH]c(=O)c2[nH]1. The van der Waals surface area contributed by atoms with Crippen LogP contribution in [0.25, 0.3) is 11.2 Å². The highest BCUT2D eigenvalue weighted by Crippen LogP contribution is 2.00. The van der Waals surface area contributed by atoms with Gasteiger partial charge in [-0.3, -0.25) is 4.79 Å². The van der Waals surface area contributed by atoms with E-state index in [2.05, 4.69) is 19.9 Å². The molecule has 2 aromatic heterocycles. The molecular weight excluding hydrogens is 160 g/mol. The van der Waals surface area contributed by atoms with Crippen molar-refractivity contribution < 1.29 is 4.98 Å². The standard InChI is InChI=1S/C5H6N6O/c6-4-8-1-2(9-4)10-5(7)11-3(1)12/h(H6,6,7,8,9,10,11,12)/p+1.